The van der Waals surface area contributed by atoms with Crippen LogP contribution in [0, 0.1) is 0 Å². The van der Waals surface area contributed by atoms with E-state index < -0.39 is 0 Å². The Kier molecular flexibility index (Phi) is 4.51. The highest BCUT2D eigenvalue weighted by atomic mass is 16.2. The number of nitrogens with two attached hydrogens (primary N) is 1. The molecule has 7 heteroatoms. The molecule has 7 nitrogen and oxygen atoms in total. The highest BCUT2D eigenvalue weighted by Crippen LogP contribution is 2.16. The van der Waals surface area contributed by atoms with Crippen LogP contribution in [0.25, 0.3) is 0 Å². The number of aromatic nitrogens is 2. The molecular formula is C13H22N6O. The molecule has 1 aromatic rings. The predicted octanol–water partition coefficient (Wildman–Crippen LogP) is 0.320. The summed E-state index contributed by atoms with van der Waals surface area (Å²) in [7, 11) is 2.04. The lowest BCUT2D eigenvalue weighted by molar-refractivity contribution is 0.0933. The molecule has 110 valence electrons. The minimum Gasteiger partial charge on any atom is -0.347 e. The summed E-state index contributed by atoms with van der Waals surface area (Å²) in [5.41, 5.74) is 3.23. The largest absolute Gasteiger partial charge is 0.347 e. The minimum absolute atomic E-state index is 0.158. The van der Waals surface area contributed by atoms with Gasteiger partial charge >= 0.3 is 0 Å². The normalized spacial score (nSPS) is 19.4. The summed E-state index contributed by atoms with van der Waals surface area (Å²) >= 11 is 0. The van der Waals surface area contributed by atoms with E-state index in [2.05, 4.69) is 25.6 Å². The Labute approximate surface area is 118 Å². The number of rotatable bonds is 4. The summed E-state index contributed by atoms with van der Waals surface area (Å²) in [5.74, 6) is 6.02. The lowest BCUT2D eigenvalue weighted by atomic mass is 10.2. The summed E-state index contributed by atoms with van der Waals surface area (Å²) in [4.78, 5) is 23.1. The van der Waals surface area contributed by atoms with Crippen LogP contribution in [-0.2, 0) is 0 Å². The fourth-order valence-electron chi connectivity index (χ4n) is 2.26. The molecule has 1 unspecified atom stereocenters. The first-order valence-corrected chi connectivity index (χ1v) is 6.84. The molecule has 1 amide bonds. The van der Waals surface area contributed by atoms with Crippen LogP contribution in [0.15, 0.2) is 6.20 Å². The average Bonchev–Trinajstić information content (AvgIpc) is 2.83. The zero-order valence-corrected chi connectivity index (χ0v) is 12.2. The Balaban J connectivity index is 2.17. The van der Waals surface area contributed by atoms with Crippen molar-refractivity contribution in [2.24, 2.45) is 5.84 Å². The highest BCUT2D eigenvalue weighted by Gasteiger charge is 2.24. The number of likely N-dealkylation sites (tertiary alicyclic amines) is 1. The molecule has 0 aromatic carbocycles. The second-order valence-corrected chi connectivity index (χ2v) is 5.51. The topological polar surface area (TPSA) is 96.2 Å². The maximum atomic E-state index is 12.3. The van der Waals surface area contributed by atoms with Gasteiger partial charge in [-0.05, 0) is 20.0 Å². The van der Waals surface area contributed by atoms with Crippen LogP contribution < -0.4 is 16.6 Å². The van der Waals surface area contributed by atoms with Crippen LogP contribution >= 0.6 is 0 Å². The van der Waals surface area contributed by atoms with Crippen molar-refractivity contribution in [1.29, 1.82) is 0 Å². The molecule has 0 aliphatic carbocycles. The molecule has 2 rings (SSSR count). The number of likely N-dealkylation sites (N-methyl/N-ethyl adjacent to an activating group) is 1. The predicted molar refractivity (Wildman–Crippen MR) is 77.3 cm³/mol. The third-order valence-electron chi connectivity index (χ3n) is 3.42. The first-order valence-electron chi connectivity index (χ1n) is 6.84. The fraction of sp³-hybridized carbons (Fsp3) is 0.615. The number of carbonyl (C=O) groups excluding carboxylic acids is 1. The van der Waals surface area contributed by atoms with E-state index in [4.69, 9.17) is 5.84 Å². The van der Waals surface area contributed by atoms with Crippen molar-refractivity contribution in [3.63, 3.8) is 0 Å². The third kappa shape index (κ3) is 3.23. The van der Waals surface area contributed by atoms with Crippen molar-refractivity contribution >= 4 is 11.6 Å². The van der Waals surface area contributed by atoms with Crippen molar-refractivity contribution in [3.8, 4) is 0 Å². The van der Waals surface area contributed by atoms with E-state index in [1.807, 2.05) is 20.9 Å². The molecule has 1 aromatic heterocycles. The second kappa shape index (κ2) is 6.15. The van der Waals surface area contributed by atoms with E-state index in [9.17, 15) is 4.79 Å². The van der Waals surface area contributed by atoms with E-state index in [0.29, 0.717) is 17.2 Å². The molecule has 0 radical (unpaired) electrons. The first-order chi connectivity index (χ1) is 9.51. The van der Waals surface area contributed by atoms with E-state index in [1.54, 1.807) is 6.20 Å². The monoisotopic (exact) mass is 278 g/mol. The van der Waals surface area contributed by atoms with Gasteiger partial charge in [-0.1, -0.05) is 13.8 Å². The summed E-state index contributed by atoms with van der Waals surface area (Å²) in [6.07, 6.45) is 2.51. The number of anilines is 1. The van der Waals surface area contributed by atoms with Gasteiger partial charge in [0.15, 0.2) is 5.69 Å². The number of nitrogens with zero attached hydrogens (tertiary/aromatic N) is 3. The first kappa shape index (κ1) is 14.7. The fourth-order valence-corrected chi connectivity index (χ4v) is 2.26. The smallest absolute Gasteiger partial charge is 0.272 e. The maximum Gasteiger partial charge on any atom is 0.272 e. The standard InChI is InChI=1S/C13H22N6O/c1-8(2)12-15-6-10(18-14)11(17-12)13(20)16-9-4-5-19(3)7-9/h6,8-9,18H,4-5,7,14H2,1-3H3,(H,16,20). The van der Waals surface area contributed by atoms with Crippen molar-refractivity contribution in [2.75, 3.05) is 25.6 Å². The highest BCUT2D eigenvalue weighted by molar-refractivity contribution is 5.97. The number of hydrogen-bond donors (Lipinski definition) is 3. The molecule has 1 aliphatic heterocycles. The molecule has 0 bridgehead atoms. The van der Waals surface area contributed by atoms with Crippen molar-refractivity contribution < 1.29 is 4.79 Å². The Bertz CT molecular complexity index is 490. The summed E-state index contributed by atoms with van der Waals surface area (Å²) < 4.78 is 0. The van der Waals surface area contributed by atoms with Gasteiger partial charge in [0, 0.05) is 18.5 Å². The van der Waals surface area contributed by atoms with Crippen LogP contribution in [0.5, 0.6) is 0 Å². The van der Waals surface area contributed by atoms with E-state index in [0.717, 1.165) is 19.5 Å². The number of hydrogen-bond acceptors (Lipinski definition) is 6. The quantitative estimate of drug-likeness (QED) is 0.542. The van der Waals surface area contributed by atoms with Gasteiger partial charge in [0.2, 0.25) is 0 Å². The van der Waals surface area contributed by atoms with Gasteiger partial charge in [-0.2, -0.15) is 0 Å². The zero-order chi connectivity index (χ0) is 14.7. The molecule has 4 N–H and O–H groups in total. The number of nitrogen functional groups attached to an aromatic ring is 1. The van der Waals surface area contributed by atoms with Gasteiger partial charge in [-0.15, -0.1) is 0 Å². The zero-order valence-electron chi connectivity index (χ0n) is 12.2. The number of nitrogens with one attached hydrogen (secondary N) is 2. The second-order valence-electron chi connectivity index (χ2n) is 5.51. The van der Waals surface area contributed by atoms with E-state index in [1.165, 1.54) is 0 Å². The van der Waals surface area contributed by atoms with E-state index >= 15 is 0 Å². The Morgan fingerprint density at radius 1 is 1.55 bits per heavy atom. The van der Waals surface area contributed by atoms with Crippen LogP contribution in [0.3, 0.4) is 0 Å². The van der Waals surface area contributed by atoms with Crippen LogP contribution in [-0.4, -0.2) is 47.0 Å². The number of carbonyl (C=O) groups is 1. The molecular weight excluding hydrogens is 256 g/mol. The lowest BCUT2D eigenvalue weighted by Crippen LogP contribution is -2.37. The molecule has 2 heterocycles. The maximum absolute atomic E-state index is 12.3. The van der Waals surface area contributed by atoms with Crippen LogP contribution in [0.4, 0.5) is 5.69 Å². The Morgan fingerprint density at radius 2 is 2.30 bits per heavy atom. The summed E-state index contributed by atoms with van der Waals surface area (Å²) in [6.45, 7) is 5.82. The van der Waals surface area contributed by atoms with Gasteiger partial charge < -0.3 is 15.6 Å². The number of amides is 1. The van der Waals surface area contributed by atoms with Gasteiger partial charge in [-0.25, -0.2) is 9.97 Å². The van der Waals surface area contributed by atoms with Crippen molar-refractivity contribution in [3.05, 3.63) is 17.7 Å². The van der Waals surface area contributed by atoms with E-state index in [-0.39, 0.29) is 17.9 Å². The summed E-state index contributed by atoms with van der Waals surface area (Å²) in [6, 6.07) is 0.163. The van der Waals surface area contributed by atoms with Crippen LogP contribution in [0.2, 0.25) is 0 Å². The lowest BCUT2D eigenvalue weighted by Gasteiger charge is -2.15. The molecule has 20 heavy (non-hydrogen) atoms. The third-order valence-corrected chi connectivity index (χ3v) is 3.42. The minimum atomic E-state index is -0.206. The molecule has 1 aliphatic rings. The van der Waals surface area contributed by atoms with Gasteiger partial charge in [0.1, 0.15) is 5.82 Å². The molecule has 1 saturated heterocycles. The Morgan fingerprint density at radius 3 is 2.85 bits per heavy atom. The summed E-state index contributed by atoms with van der Waals surface area (Å²) in [5, 5.41) is 3.00. The molecule has 1 fully saturated rings. The van der Waals surface area contributed by atoms with Gasteiger partial charge in [0.25, 0.3) is 5.91 Å². The van der Waals surface area contributed by atoms with Gasteiger partial charge in [0.05, 0.1) is 11.9 Å². The average molecular weight is 278 g/mol. The van der Waals surface area contributed by atoms with Crippen LogP contribution in [0.1, 0.15) is 42.5 Å². The number of hydrazine groups is 1. The Hall–Kier alpha value is -1.73. The van der Waals surface area contributed by atoms with Gasteiger partial charge in [-0.3, -0.25) is 10.6 Å². The SMILES string of the molecule is CC(C)c1ncc(NN)c(C(=O)NC2CCN(C)C2)n1. The molecule has 0 spiro atoms. The van der Waals surface area contributed by atoms with Crippen molar-refractivity contribution in [1.82, 2.24) is 20.2 Å². The van der Waals surface area contributed by atoms with Crippen molar-refractivity contribution in [2.45, 2.75) is 32.2 Å². The molecule has 1 atom stereocenters. The molecule has 0 saturated carbocycles.